The first-order chi connectivity index (χ1) is 10.1. The van der Waals surface area contributed by atoms with Crippen LogP contribution in [-0.4, -0.2) is 27.2 Å². The molecule has 0 atom stereocenters. The van der Waals surface area contributed by atoms with Crippen LogP contribution in [0.15, 0.2) is 36.5 Å². The van der Waals surface area contributed by atoms with Crippen molar-refractivity contribution in [1.82, 2.24) is 15.1 Å². The molecule has 21 heavy (non-hydrogen) atoms. The summed E-state index contributed by atoms with van der Waals surface area (Å²) in [6.07, 6.45) is 2.66. The Kier molecular flexibility index (Phi) is 4.65. The molecule has 0 radical (unpaired) electrons. The lowest BCUT2D eigenvalue weighted by Gasteiger charge is -2.05. The molecular formula is C14H16N4O3. The van der Waals surface area contributed by atoms with Crippen LogP contribution in [-0.2, 0) is 6.54 Å². The monoisotopic (exact) mass is 288 g/mol. The van der Waals surface area contributed by atoms with Crippen LogP contribution in [0, 0.1) is 17.0 Å². The molecule has 0 spiro atoms. The normalized spacial score (nSPS) is 10.3. The van der Waals surface area contributed by atoms with Gasteiger partial charge in [0.05, 0.1) is 10.6 Å². The summed E-state index contributed by atoms with van der Waals surface area (Å²) < 4.78 is 1.83. The van der Waals surface area contributed by atoms with Crippen molar-refractivity contribution < 1.29 is 9.72 Å². The Labute approximate surface area is 121 Å². The van der Waals surface area contributed by atoms with Crippen molar-refractivity contribution in [2.24, 2.45) is 0 Å². The van der Waals surface area contributed by atoms with Crippen LogP contribution in [0.4, 0.5) is 5.69 Å². The number of rotatable bonds is 6. The summed E-state index contributed by atoms with van der Waals surface area (Å²) in [5.41, 5.74) is 1.35. The number of amides is 1. The molecule has 0 saturated heterocycles. The van der Waals surface area contributed by atoms with Crippen molar-refractivity contribution in [2.45, 2.75) is 19.9 Å². The van der Waals surface area contributed by atoms with Crippen molar-refractivity contribution in [3.05, 3.63) is 57.9 Å². The summed E-state index contributed by atoms with van der Waals surface area (Å²) in [6.45, 7) is 3.18. The van der Waals surface area contributed by atoms with Crippen LogP contribution in [0.1, 0.15) is 22.5 Å². The average Bonchev–Trinajstić information content (AvgIpc) is 2.89. The second-order valence-corrected chi connectivity index (χ2v) is 4.63. The van der Waals surface area contributed by atoms with E-state index in [-0.39, 0.29) is 11.6 Å². The van der Waals surface area contributed by atoms with E-state index in [4.69, 9.17) is 0 Å². The van der Waals surface area contributed by atoms with Gasteiger partial charge < -0.3 is 5.32 Å². The number of nitro groups is 1. The van der Waals surface area contributed by atoms with E-state index in [1.807, 2.05) is 23.9 Å². The maximum absolute atomic E-state index is 11.8. The smallest absolute Gasteiger partial charge is 0.269 e. The Balaban J connectivity index is 1.77. The third-order valence-corrected chi connectivity index (χ3v) is 2.96. The van der Waals surface area contributed by atoms with Gasteiger partial charge in [0.15, 0.2) is 0 Å². The maximum Gasteiger partial charge on any atom is 0.269 e. The van der Waals surface area contributed by atoms with Gasteiger partial charge in [0.1, 0.15) is 0 Å². The molecule has 1 aromatic heterocycles. The van der Waals surface area contributed by atoms with Gasteiger partial charge in [-0.2, -0.15) is 5.10 Å². The summed E-state index contributed by atoms with van der Waals surface area (Å²) >= 11 is 0. The van der Waals surface area contributed by atoms with Gasteiger partial charge in [-0.3, -0.25) is 19.6 Å². The highest BCUT2D eigenvalue weighted by atomic mass is 16.6. The van der Waals surface area contributed by atoms with Crippen LogP contribution in [0.5, 0.6) is 0 Å². The molecule has 0 fully saturated rings. The highest BCUT2D eigenvalue weighted by Gasteiger charge is 2.08. The molecule has 2 rings (SSSR count). The quantitative estimate of drug-likeness (QED) is 0.499. The fourth-order valence-corrected chi connectivity index (χ4v) is 1.87. The number of non-ortho nitro benzene ring substituents is 1. The fourth-order valence-electron chi connectivity index (χ4n) is 1.87. The van der Waals surface area contributed by atoms with E-state index in [0.29, 0.717) is 12.1 Å². The van der Waals surface area contributed by atoms with Gasteiger partial charge in [0, 0.05) is 37.0 Å². The maximum atomic E-state index is 11.8. The van der Waals surface area contributed by atoms with Gasteiger partial charge in [-0.1, -0.05) is 0 Å². The molecular weight excluding hydrogens is 272 g/mol. The zero-order valence-corrected chi connectivity index (χ0v) is 11.7. The molecule has 0 unspecified atom stereocenters. The molecule has 1 heterocycles. The molecule has 110 valence electrons. The summed E-state index contributed by atoms with van der Waals surface area (Å²) in [6, 6.07) is 7.47. The largest absolute Gasteiger partial charge is 0.352 e. The molecule has 2 aromatic rings. The molecule has 0 aliphatic heterocycles. The summed E-state index contributed by atoms with van der Waals surface area (Å²) in [5, 5.41) is 17.6. The minimum atomic E-state index is -0.492. The van der Waals surface area contributed by atoms with Crippen molar-refractivity contribution in [1.29, 1.82) is 0 Å². The van der Waals surface area contributed by atoms with Gasteiger partial charge in [-0.25, -0.2) is 0 Å². The van der Waals surface area contributed by atoms with Crippen LogP contribution < -0.4 is 5.32 Å². The van der Waals surface area contributed by atoms with Crippen molar-refractivity contribution >= 4 is 11.6 Å². The zero-order chi connectivity index (χ0) is 15.2. The fraction of sp³-hybridized carbons (Fsp3) is 0.286. The molecule has 7 nitrogen and oxygen atoms in total. The topological polar surface area (TPSA) is 90.1 Å². The number of nitrogens with zero attached hydrogens (tertiary/aromatic N) is 3. The second kappa shape index (κ2) is 6.65. The number of nitrogens with one attached hydrogen (secondary N) is 1. The van der Waals surface area contributed by atoms with Crippen LogP contribution >= 0.6 is 0 Å². The van der Waals surface area contributed by atoms with Crippen molar-refractivity contribution in [2.75, 3.05) is 6.54 Å². The van der Waals surface area contributed by atoms with E-state index in [1.165, 1.54) is 24.3 Å². The van der Waals surface area contributed by atoms with Gasteiger partial charge in [0.25, 0.3) is 11.6 Å². The SMILES string of the molecule is Cc1ccn(CCCNC(=O)c2ccc([N+](=O)[O-])cc2)n1. The highest BCUT2D eigenvalue weighted by Crippen LogP contribution is 2.11. The molecule has 7 heteroatoms. The molecule has 0 aliphatic rings. The lowest BCUT2D eigenvalue weighted by molar-refractivity contribution is -0.384. The third kappa shape index (κ3) is 4.13. The summed E-state index contributed by atoms with van der Waals surface area (Å²) in [5.74, 6) is -0.235. The zero-order valence-electron chi connectivity index (χ0n) is 11.7. The number of hydrogen-bond acceptors (Lipinski definition) is 4. The Hall–Kier alpha value is -2.70. The Morgan fingerprint density at radius 3 is 2.62 bits per heavy atom. The van der Waals surface area contributed by atoms with Gasteiger partial charge in [-0.05, 0) is 31.5 Å². The van der Waals surface area contributed by atoms with Gasteiger partial charge in [0.2, 0.25) is 0 Å². The van der Waals surface area contributed by atoms with E-state index >= 15 is 0 Å². The number of benzene rings is 1. The Morgan fingerprint density at radius 1 is 1.33 bits per heavy atom. The average molecular weight is 288 g/mol. The van der Waals surface area contributed by atoms with E-state index in [1.54, 1.807) is 0 Å². The van der Waals surface area contributed by atoms with E-state index in [2.05, 4.69) is 10.4 Å². The summed E-state index contributed by atoms with van der Waals surface area (Å²) in [7, 11) is 0. The third-order valence-electron chi connectivity index (χ3n) is 2.96. The predicted molar refractivity (Wildman–Crippen MR) is 77.0 cm³/mol. The lowest BCUT2D eigenvalue weighted by atomic mass is 10.2. The molecule has 0 bridgehead atoms. The molecule has 1 aromatic carbocycles. The lowest BCUT2D eigenvalue weighted by Crippen LogP contribution is -2.25. The number of aryl methyl sites for hydroxylation is 2. The minimum Gasteiger partial charge on any atom is -0.352 e. The first-order valence-corrected chi connectivity index (χ1v) is 6.59. The second-order valence-electron chi connectivity index (χ2n) is 4.63. The van der Waals surface area contributed by atoms with E-state index < -0.39 is 4.92 Å². The minimum absolute atomic E-state index is 0.0272. The standard InChI is InChI=1S/C14H16N4O3/c1-11-7-10-17(16-11)9-2-8-15-14(19)12-3-5-13(6-4-12)18(20)21/h3-7,10H,2,8-9H2,1H3,(H,15,19). The Bertz CT molecular complexity index is 634. The number of hydrogen-bond donors (Lipinski definition) is 1. The number of nitro benzene ring substituents is 1. The van der Waals surface area contributed by atoms with Crippen molar-refractivity contribution in [3.63, 3.8) is 0 Å². The van der Waals surface area contributed by atoms with Crippen LogP contribution in [0.3, 0.4) is 0 Å². The first-order valence-electron chi connectivity index (χ1n) is 6.59. The van der Waals surface area contributed by atoms with E-state index in [0.717, 1.165) is 18.7 Å². The van der Waals surface area contributed by atoms with Crippen LogP contribution in [0.25, 0.3) is 0 Å². The van der Waals surface area contributed by atoms with Gasteiger partial charge >= 0.3 is 0 Å². The Morgan fingerprint density at radius 2 is 2.05 bits per heavy atom. The predicted octanol–water partition coefficient (Wildman–Crippen LogP) is 1.92. The molecule has 1 amide bonds. The van der Waals surface area contributed by atoms with Crippen LogP contribution in [0.2, 0.25) is 0 Å². The van der Waals surface area contributed by atoms with Crippen molar-refractivity contribution in [3.8, 4) is 0 Å². The number of carbonyl (C=O) groups excluding carboxylic acids is 1. The van der Waals surface area contributed by atoms with E-state index in [9.17, 15) is 14.9 Å². The number of carbonyl (C=O) groups is 1. The molecule has 0 aliphatic carbocycles. The highest BCUT2D eigenvalue weighted by molar-refractivity contribution is 5.94. The first kappa shape index (κ1) is 14.7. The number of aromatic nitrogens is 2. The summed E-state index contributed by atoms with van der Waals surface area (Å²) in [4.78, 5) is 21.9. The molecule has 1 N–H and O–H groups in total. The van der Waals surface area contributed by atoms with Gasteiger partial charge in [-0.15, -0.1) is 0 Å². The molecule has 0 saturated carbocycles.